The number of quaternary nitrogens is 1. The lowest BCUT2D eigenvalue weighted by Gasteiger charge is -2.51. The van der Waals surface area contributed by atoms with Gasteiger partial charge < -0.3 is 9.80 Å². The number of nitrogens with zero attached hydrogens (tertiary/aromatic N) is 2. The first-order chi connectivity index (χ1) is 10.6. The third-order valence-electron chi connectivity index (χ3n) is 5.66. The summed E-state index contributed by atoms with van der Waals surface area (Å²) in [7, 11) is 2.40. The molecule has 3 atom stereocenters. The van der Waals surface area contributed by atoms with Crippen molar-refractivity contribution in [3.63, 3.8) is 0 Å². The molecule has 22 heavy (non-hydrogen) atoms. The molecular formula is C17H26N3O2+. The lowest BCUT2D eigenvalue weighted by molar-refractivity contribution is -0.946. The summed E-state index contributed by atoms with van der Waals surface area (Å²) in [5.74, 6) is 0.624. The van der Waals surface area contributed by atoms with Crippen LogP contribution in [0.1, 0.15) is 32.1 Å². The van der Waals surface area contributed by atoms with Gasteiger partial charge in [-0.3, -0.25) is 10.1 Å². The molecule has 0 saturated carbocycles. The highest BCUT2D eigenvalue weighted by Crippen LogP contribution is 2.36. The molecule has 2 heterocycles. The fourth-order valence-electron chi connectivity index (χ4n) is 4.49. The zero-order valence-corrected chi connectivity index (χ0v) is 13.3. The van der Waals surface area contributed by atoms with Crippen LogP contribution in [0.4, 0.5) is 11.4 Å². The highest BCUT2D eigenvalue weighted by atomic mass is 16.6. The number of anilines is 1. The second-order valence-electron chi connectivity index (χ2n) is 7.05. The number of nitrogens with one attached hydrogen (secondary N) is 1. The van der Waals surface area contributed by atoms with Crippen molar-refractivity contribution in [3.05, 3.63) is 34.4 Å². The van der Waals surface area contributed by atoms with E-state index < -0.39 is 0 Å². The molecular weight excluding hydrogens is 278 g/mol. The zero-order valence-electron chi connectivity index (χ0n) is 13.3. The van der Waals surface area contributed by atoms with Gasteiger partial charge in [-0.25, -0.2) is 0 Å². The second kappa shape index (κ2) is 6.24. The van der Waals surface area contributed by atoms with Crippen molar-refractivity contribution in [2.45, 2.75) is 38.1 Å². The molecule has 2 fully saturated rings. The maximum absolute atomic E-state index is 11.1. The number of hydrogen-bond acceptors (Lipinski definition) is 3. The lowest BCUT2D eigenvalue weighted by atomic mass is 9.81. The molecule has 0 unspecified atom stereocenters. The molecule has 0 spiro atoms. The summed E-state index contributed by atoms with van der Waals surface area (Å²) < 4.78 is 1.21. The second-order valence-corrected chi connectivity index (χ2v) is 7.05. The van der Waals surface area contributed by atoms with Crippen LogP contribution in [0, 0.1) is 16.0 Å². The molecule has 2 aliphatic rings. The maximum atomic E-state index is 11.1. The van der Waals surface area contributed by atoms with E-state index in [2.05, 4.69) is 12.4 Å². The summed E-state index contributed by atoms with van der Waals surface area (Å²) in [6.45, 7) is 3.45. The van der Waals surface area contributed by atoms with Crippen molar-refractivity contribution in [2.75, 3.05) is 32.0 Å². The van der Waals surface area contributed by atoms with Crippen LogP contribution in [0.3, 0.4) is 0 Å². The monoisotopic (exact) mass is 304 g/mol. The molecule has 5 nitrogen and oxygen atoms in total. The molecule has 0 radical (unpaired) electrons. The van der Waals surface area contributed by atoms with Gasteiger partial charge in [-0.1, -0.05) is 12.1 Å². The molecule has 0 aliphatic carbocycles. The number of rotatable bonds is 4. The number of hydrogen-bond donors (Lipinski definition) is 1. The van der Waals surface area contributed by atoms with E-state index in [1.807, 2.05) is 12.1 Å². The molecule has 5 heteroatoms. The lowest BCUT2D eigenvalue weighted by Crippen LogP contribution is -2.61. The first-order valence-electron chi connectivity index (χ1n) is 8.42. The Bertz CT molecular complexity index is 544. The highest BCUT2D eigenvalue weighted by molar-refractivity contribution is 5.61. The fourth-order valence-corrected chi connectivity index (χ4v) is 4.49. The van der Waals surface area contributed by atoms with Crippen LogP contribution < -0.4 is 5.32 Å². The minimum Gasteiger partial charge on any atom is -0.379 e. The molecule has 0 bridgehead atoms. The van der Waals surface area contributed by atoms with E-state index in [0.717, 1.165) is 12.6 Å². The van der Waals surface area contributed by atoms with Gasteiger partial charge in [-0.2, -0.15) is 0 Å². The molecule has 1 aromatic carbocycles. The number of nitro benzene ring substituents is 1. The Balaban J connectivity index is 1.69. The zero-order chi connectivity index (χ0) is 15.6. The van der Waals surface area contributed by atoms with Crippen LogP contribution in [0.25, 0.3) is 0 Å². The number of benzene rings is 1. The average molecular weight is 304 g/mol. The van der Waals surface area contributed by atoms with E-state index in [-0.39, 0.29) is 10.6 Å². The predicted octanol–water partition coefficient (Wildman–Crippen LogP) is 3.42. The molecule has 3 rings (SSSR count). The molecule has 2 aliphatic heterocycles. The maximum Gasteiger partial charge on any atom is 0.292 e. The number of fused-ring (bicyclic) bond motifs is 1. The van der Waals surface area contributed by atoms with E-state index in [9.17, 15) is 10.1 Å². The molecule has 2 saturated heterocycles. The van der Waals surface area contributed by atoms with Gasteiger partial charge in [0.15, 0.2) is 0 Å². The van der Waals surface area contributed by atoms with Crippen LogP contribution >= 0.6 is 0 Å². The van der Waals surface area contributed by atoms with Crippen molar-refractivity contribution < 1.29 is 9.41 Å². The number of para-hydroxylation sites is 2. The minimum atomic E-state index is -0.302. The summed E-state index contributed by atoms with van der Waals surface area (Å²) in [5, 5.41) is 14.5. The van der Waals surface area contributed by atoms with Crippen LogP contribution in [0.15, 0.2) is 24.3 Å². The third kappa shape index (κ3) is 2.95. The van der Waals surface area contributed by atoms with Gasteiger partial charge in [-0.15, -0.1) is 0 Å². The van der Waals surface area contributed by atoms with E-state index in [1.54, 1.807) is 12.1 Å². The number of piperidine rings is 2. The Morgan fingerprint density at radius 3 is 2.82 bits per heavy atom. The Hall–Kier alpha value is -1.62. The smallest absolute Gasteiger partial charge is 0.292 e. The normalized spacial score (nSPS) is 31.3. The summed E-state index contributed by atoms with van der Waals surface area (Å²) in [6.07, 6.45) is 6.50. The van der Waals surface area contributed by atoms with Crippen LogP contribution in [-0.4, -0.2) is 42.1 Å². The van der Waals surface area contributed by atoms with Crippen molar-refractivity contribution >= 4 is 11.4 Å². The van der Waals surface area contributed by atoms with Gasteiger partial charge in [0.2, 0.25) is 0 Å². The highest BCUT2D eigenvalue weighted by Gasteiger charge is 2.43. The van der Waals surface area contributed by atoms with Gasteiger partial charge >= 0.3 is 0 Å². The van der Waals surface area contributed by atoms with E-state index in [0.29, 0.717) is 11.6 Å². The molecule has 120 valence electrons. The van der Waals surface area contributed by atoms with Gasteiger partial charge in [0.05, 0.1) is 31.1 Å². The Morgan fingerprint density at radius 1 is 1.23 bits per heavy atom. The summed E-state index contributed by atoms with van der Waals surface area (Å²) in [6, 6.07) is 7.69. The minimum absolute atomic E-state index is 0.180. The Morgan fingerprint density at radius 2 is 2.00 bits per heavy atom. The molecule has 1 N–H and O–H groups in total. The Kier molecular flexibility index (Phi) is 4.34. The first-order valence-corrected chi connectivity index (χ1v) is 8.42. The van der Waals surface area contributed by atoms with Crippen LogP contribution in [-0.2, 0) is 0 Å². The quantitative estimate of drug-likeness (QED) is 0.527. The molecule has 0 aromatic heterocycles. The van der Waals surface area contributed by atoms with Crippen molar-refractivity contribution in [3.8, 4) is 0 Å². The van der Waals surface area contributed by atoms with Gasteiger partial charge in [0.1, 0.15) is 5.69 Å². The summed E-state index contributed by atoms with van der Waals surface area (Å²) in [4.78, 5) is 10.8. The van der Waals surface area contributed by atoms with E-state index >= 15 is 0 Å². The summed E-state index contributed by atoms with van der Waals surface area (Å²) in [5.41, 5.74) is 0.835. The van der Waals surface area contributed by atoms with Gasteiger partial charge in [-0.05, 0) is 38.2 Å². The Labute approximate surface area is 132 Å². The van der Waals surface area contributed by atoms with E-state index in [1.165, 1.54) is 49.7 Å². The molecule has 1 aromatic rings. The topological polar surface area (TPSA) is 55.2 Å². The third-order valence-corrected chi connectivity index (χ3v) is 5.66. The fraction of sp³-hybridized carbons (Fsp3) is 0.647. The standard InChI is InChI=1S/C17H26N3O2/c1-20-11-5-4-10-17(20)14(7-6-12-20)13-18-15-8-2-3-9-16(15)19(21)22/h2-3,8-9,14,17-18H,4-7,10-13H2,1H3/q+1/t14-,17+,20-/m0/s1. The average Bonchev–Trinajstić information content (AvgIpc) is 2.52. The van der Waals surface area contributed by atoms with Crippen LogP contribution in [0.2, 0.25) is 0 Å². The van der Waals surface area contributed by atoms with Crippen molar-refractivity contribution in [2.24, 2.45) is 5.92 Å². The van der Waals surface area contributed by atoms with Crippen LogP contribution in [0.5, 0.6) is 0 Å². The van der Waals surface area contributed by atoms with Crippen molar-refractivity contribution in [1.29, 1.82) is 0 Å². The van der Waals surface area contributed by atoms with Gasteiger partial charge in [0, 0.05) is 18.5 Å². The van der Waals surface area contributed by atoms with E-state index in [4.69, 9.17) is 0 Å². The first kappa shape index (κ1) is 15.3. The summed E-state index contributed by atoms with van der Waals surface area (Å²) >= 11 is 0. The SMILES string of the molecule is C[N@@+]12CCCC[C@@H]1[C@H](CNc1ccccc1[N+](=O)[O-])CCC2. The molecule has 0 amide bonds. The van der Waals surface area contributed by atoms with Gasteiger partial charge in [0.25, 0.3) is 5.69 Å². The van der Waals surface area contributed by atoms with Crippen molar-refractivity contribution in [1.82, 2.24) is 0 Å². The number of nitro groups is 1. The largest absolute Gasteiger partial charge is 0.379 e. The predicted molar refractivity (Wildman–Crippen MR) is 87.9 cm³/mol.